The third kappa shape index (κ3) is 2.66. The minimum Gasteiger partial charge on any atom is -0.481 e. The summed E-state index contributed by atoms with van der Waals surface area (Å²) in [6, 6.07) is 0.247. The van der Waals surface area contributed by atoms with Gasteiger partial charge in [-0.15, -0.1) is 0 Å². The van der Waals surface area contributed by atoms with E-state index in [-0.39, 0.29) is 12.5 Å². The Kier molecular flexibility index (Phi) is 3.29. The monoisotopic (exact) mass is 220 g/mol. The number of hydrogen-bond donors (Lipinski definition) is 3. The first-order chi connectivity index (χ1) is 7.75. The normalized spacial score (nSPS) is 22.4. The van der Waals surface area contributed by atoms with Gasteiger partial charge in [-0.2, -0.15) is 0 Å². The van der Waals surface area contributed by atoms with Gasteiger partial charge in [0.15, 0.2) is 0 Å². The average Bonchev–Trinajstić information content (AvgIpc) is 2.28. The minimum atomic E-state index is -0.724. The lowest BCUT2D eigenvalue weighted by Gasteiger charge is -2.26. The van der Waals surface area contributed by atoms with E-state index >= 15 is 0 Å². The van der Waals surface area contributed by atoms with Gasteiger partial charge in [0.2, 0.25) is 0 Å². The zero-order valence-corrected chi connectivity index (χ0v) is 9.07. The molecule has 0 aromatic carbocycles. The molecule has 0 aromatic heterocycles. The van der Waals surface area contributed by atoms with E-state index in [1.54, 1.807) is 0 Å². The Bertz CT molecular complexity index is 369. The maximum atomic E-state index is 10.4. The summed E-state index contributed by atoms with van der Waals surface area (Å²) in [5, 5.41) is 15.2. The van der Waals surface area contributed by atoms with Crippen molar-refractivity contribution in [3.05, 3.63) is 35.7 Å². The number of carboxylic acids is 1. The molecule has 2 aliphatic rings. The molecule has 1 unspecified atom stereocenters. The van der Waals surface area contributed by atoms with E-state index in [1.165, 1.54) is 5.57 Å². The standard InChI is InChI=1S/C12H16N2O2/c15-11(16)5-1-4-10-7-6-9-3-2-8-13-12(9)14-10/h2-3,6-7,10,13-14H,1,4-5,8H2,(H,15,16). The van der Waals surface area contributed by atoms with Crippen molar-refractivity contribution in [1.82, 2.24) is 10.6 Å². The quantitative estimate of drug-likeness (QED) is 0.665. The average molecular weight is 220 g/mol. The first-order valence-corrected chi connectivity index (χ1v) is 5.57. The third-order valence-electron chi connectivity index (χ3n) is 2.73. The van der Waals surface area contributed by atoms with Gasteiger partial charge in [-0.3, -0.25) is 4.79 Å². The summed E-state index contributed by atoms with van der Waals surface area (Å²) in [5.41, 5.74) is 1.17. The number of hydrogen-bond acceptors (Lipinski definition) is 3. The van der Waals surface area contributed by atoms with Crippen LogP contribution in [0.2, 0.25) is 0 Å². The molecular formula is C12H16N2O2. The largest absolute Gasteiger partial charge is 0.481 e. The van der Waals surface area contributed by atoms with Gasteiger partial charge in [-0.1, -0.05) is 24.3 Å². The molecule has 0 radical (unpaired) electrons. The lowest BCUT2D eigenvalue weighted by molar-refractivity contribution is -0.137. The molecule has 2 rings (SSSR count). The van der Waals surface area contributed by atoms with Gasteiger partial charge in [-0.25, -0.2) is 0 Å². The molecule has 4 nitrogen and oxygen atoms in total. The summed E-state index contributed by atoms with van der Waals surface area (Å²) < 4.78 is 0. The Hall–Kier alpha value is -1.71. The molecule has 2 heterocycles. The molecule has 0 fully saturated rings. The van der Waals surface area contributed by atoms with Gasteiger partial charge in [-0.05, 0) is 12.8 Å². The van der Waals surface area contributed by atoms with Gasteiger partial charge in [0.05, 0.1) is 0 Å². The molecule has 0 aliphatic carbocycles. The zero-order valence-electron chi connectivity index (χ0n) is 9.07. The van der Waals surface area contributed by atoms with Crippen LogP contribution in [-0.4, -0.2) is 23.7 Å². The van der Waals surface area contributed by atoms with Crippen LogP contribution in [0.15, 0.2) is 35.7 Å². The van der Waals surface area contributed by atoms with Crippen LogP contribution < -0.4 is 10.6 Å². The molecule has 4 heteroatoms. The van der Waals surface area contributed by atoms with Crippen LogP contribution >= 0.6 is 0 Å². The van der Waals surface area contributed by atoms with Crippen molar-refractivity contribution < 1.29 is 9.90 Å². The predicted octanol–water partition coefficient (Wildman–Crippen LogP) is 1.14. The fourth-order valence-electron chi connectivity index (χ4n) is 1.90. The molecule has 3 N–H and O–H groups in total. The van der Waals surface area contributed by atoms with Crippen molar-refractivity contribution in [1.29, 1.82) is 0 Å². The molecule has 0 bridgehead atoms. The van der Waals surface area contributed by atoms with Gasteiger partial charge >= 0.3 is 5.97 Å². The lowest BCUT2D eigenvalue weighted by Crippen LogP contribution is -2.38. The summed E-state index contributed by atoms with van der Waals surface area (Å²) in [6.45, 7) is 0.849. The number of carboxylic acid groups (broad SMARTS) is 1. The third-order valence-corrected chi connectivity index (χ3v) is 2.73. The zero-order chi connectivity index (χ0) is 11.4. The van der Waals surface area contributed by atoms with E-state index in [2.05, 4.69) is 34.9 Å². The molecule has 0 saturated heterocycles. The van der Waals surface area contributed by atoms with Crippen molar-refractivity contribution in [3.63, 3.8) is 0 Å². The Morgan fingerprint density at radius 1 is 1.50 bits per heavy atom. The van der Waals surface area contributed by atoms with Crippen LogP contribution in [0.1, 0.15) is 19.3 Å². The Morgan fingerprint density at radius 3 is 3.19 bits per heavy atom. The van der Waals surface area contributed by atoms with Gasteiger partial charge in [0, 0.05) is 24.6 Å². The molecule has 0 spiro atoms. The van der Waals surface area contributed by atoms with Crippen LogP contribution in [0.5, 0.6) is 0 Å². The summed E-state index contributed by atoms with van der Waals surface area (Å²) in [6.07, 6.45) is 10.1. The highest BCUT2D eigenvalue weighted by Gasteiger charge is 2.15. The topological polar surface area (TPSA) is 61.4 Å². The fourth-order valence-corrected chi connectivity index (χ4v) is 1.90. The predicted molar refractivity (Wildman–Crippen MR) is 61.7 cm³/mol. The summed E-state index contributed by atoms with van der Waals surface area (Å²) in [4.78, 5) is 10.4. The highest BCUT2D eigenvalue weighted by atomic mass is 16.4. The molecule has 16 heavy (non-hydrogen) atoms. The Labute approximate surface area is 94.7 Å². The van der Waals surface area contributed by atoms with Crippen LogP contribution in [0, 0.1) is 0 Å². The number of aliphatic carboxylic acids is 1. The van der Waals surface area contributed by atoms with Crippen molar-refractivity contribution >= 4 is 5.97 Å². The minimum absolute atomic E-state index is 0.241. The summed E-state index contributed by atoms with van der Waals surface area (Å²) in [5.74, 6) is 0.337. The van der Waals surface area contributed by atoms with Gasteiger partial charge < -0.3 is 15.7 Å². The number of nitrogens with one attached hydrogen (secondary N) is 2. The lowest BCUT2D eigenvalue weighted by atomic mass is 10.0. The van der Waals surface area contributed by atoms with Crippen molar-refractivity contribution in [2.75, 3.05) is 6.54 Å². The van der Waals surface area contributed by atoms with Crippen LogP contribution in [0.3, 0.4) is 0 Å². The molecule has 86 valence electrons. The van der Waals surface area contributed by atoms with E-state index in [0.717, 1.165) is 18.8 Å². The number of carbonyl (C=O) groups is 1. The van der Waals surface area contributed by atoms with E-state index in [0.29, 0.717) is 6.42 Å². The Balaban J connectivity index is 1.84. The smallest absolute Gasteiger partial charge is 0.303 e. The molecule has 0 aromatic rings. The maximum Gasteiger partial charge on any atom is 0.303 e. The first kappa shape index (κ1) is 10.8. The molecule has 0 amide bonds. The maximum absolute atomic E-state index is 10.4. The second kappa shape index (κ2) is 4.88. The van der Waals surface area contributed by atoms with Crippen LogP contribution in [-0.2, 0) is 4.79 Å². The van der Waals surface area contributed by atoms with E-state index < -0.39 is 5.97 Å². The Morgan fingerprint density at radius 2 is 2.38 bits per heavy atom. The highest BCUT2D eigenvalue weighted by molar-refractivity contribution is 5.66. The first-order valence-electron chi connectivity index (χ1n) is 5.57. The second-order valence-corrected chi connectivity index (χ2v) is 4.01. The summed E-state index contributed by atoms with van der Waals surface area (Å²) >= 11 is 0. The molecular weight excluding hydrogens is 204 g/mol. The summed E-state index contributed by atoms with van der Waals surface area (Å²) in [7, 11) is 0. The highest BCUT2D eigenvalue weighted by Crippen LogP contribution is 2.16. The van der Waals surface area contributed by atoms with Crippen LogP contribution in [0.4, 0.5) is 0 Å². The molecule has 0 saturated carbocycles. The molecule has 2 aliphatic heterocycles. The van der Waals surface area contributed by atoms with Gasteiger partial charge in [0.1, 0.15) is 5.82 Å². The SMILES string of the molecule is O=C(O)CCCC1C=CC2=C(NCC=C2)N1. The van der Waals surface area contributed by atoms with Crippen molar-refractivity contribution in [3.8, 4) is 0 Å². The van der Waals surface area contributed by atoms with E-state index in [9.17, 15) is 4.79 Å². The van der Waals surface area contributed by atoms with E-state index in [4.69, 9.17) is 5.11 Å². The van der Waals surface area contributed by atoms with Crippen molar-refractivity contribution in [2.24, 2.45) is 0 Å². The number of rotatable bonds is 4. The molecule has 1 atom stereocenters. The van der Waals surface area contributed by atoms with Gasteiger partial charge in [0.25, 0.3) is 0 Å². The number of dihydropyridines is 2. The number of allylic oxidation sites excluding steroid dienone is 3. The van der Waals surface area contributed by atoms with Crippen molar-refractivity contribution in [2.45, 2.75) is 25.3 Å². The fraction of sp³-hybridized carbons (Fsp3) is 0.417. The van der Waals surface area contributed by atoms with E-state index in [1.807, 2.05) is 0 Å². The second-order valence-electron chi connectivity index (χ2n) is 4.01. The van der Waals surface area contributed by atoms with Crippen LogP contribution in [0.25, 0.3) is 0 Å².